The van der Waals surface area contributed by atoms with Gasteiger partial charge in [-0.1, -0.05) is 19.0 Å². The van der Waals surface area contributed by atoms with Crippen LogP contribution in [0.1, 0.15) is 57.0 Å². The Bertz CT molecular complexity index is 722. The Morgan fingerprint density at radius 3 is 2.84 bits per heavy atom. The van der Waals surface area contributed by atoms with Crippen molar-refractivity contribution in [3.8, 4) is 0 Å². The fourth-order valence-corrected chi connectivity index (χ4v) is 3.41. The number of rotatable bonds is 6. The smallest absolute Gasteiger partial charge is 0.321 e. The van der Waals surface area contributed by atoms with E-state index in [-0.39, 0.29) is 23.8 Å². The second-order valence-corrected chi connectivity index (χ2v) is 6.86. The summed E-state index contributed by atoms with van der Waals surface area (Å²) in [6, 6.07) is 0.452. The second kappa shape index (κ2) is 7.25. The van der Waals surface area contributed by atoms with Crippen LogP contribution in [0.15, 0.2) is 16.9 Å². The number of amides is 1. The first-order chi connectivity index (χ1) is 12.0. The third-order valence-electron chi connectivity index (χ3n) is 4.71. The number of nitrogens with zero attached hydrogens (tertiary/aromatic N) is 5. The zero-order chi connectivity index (χ0) is 18.0. The van der Waals surface area contributed by atoms with Crippen molar-refractivity contribution in [2.24, 2.45) is 13.0 Å². The van der Waals surface area contributed by atoms with E-state index in [0.29, 0.717) is 31.3 Å². The maximum absolute atomic E-state index is 12.4. The number of anilines is 1. The van der Waals surface area contributed by atoms with Crippen molar-refractivity contribution in [1.29, 1.82) is 0 Å². The molecule has 25 heavy (non-hydrogen) atoms. The number of likely N-dealkylation sites (tertiary alicyclic amines) is 1. The van der Waals surface area contributed by atoms with Gasteiger partial charge in [0.25, 0.3) is 0 Å². The first kappa shape index (κ1) is 17.4. The molecule has 0 aliphatic carbocycles. The molecule has 2 atom stereocenters. The van der Waals surface area contributed by atoms with E-state index in [2.05, 4.69) is 20.6 Å². The lowest BCUT2D eigenvalue weighted by molar-refractivity contribution is -0.138. The van der Waals surface area contributed by atoms with Crippen LogP contribution in [0.4, 0.5) is 6.01 Å². The molecule has 0 radical (unpaired) electrons. The second-order valence-electron chi connectivity index (χ2n) is 6.86. The lowest BCUT2D eigenvalue weighted by Gasteiger charge is -2.40. The van der Waals surface area contributed by atoms with Gasteiger partial charge in [-0.15, -0.1) is 0 Å². The largest absolute Gasteiger partial charge is 0.337 e. The Balaban J connectivity index is 1.76. The third kappa shape index (κ3) is 3.67. The topological polar surface area (TPSA) is 89.1 Å². The molecular weight excluding hydrogens is 320 g/mol. The van der Waals surface area contributed by atoms with Crippen LogP contribution in [0, 0.1) is 5.92 Å². The summed E-state index contributed by atoms with van der Waals surface area (Å²) in [5.74, 6) is 1.38. The van der Waals surface area contributed by atoms with Crippen LogP contribution in [0.25, 0.3) is 0 Å². The molecule has 0 bridgehead atoms. The summed E-state index contributed by atoms with van der Waals surface area (Å²) in [6.45, 7) is 7.43. The minimum atomic E-state index is 0.0138. The molecule has 0 saturated carbocycles. The van der Waals surface area contributed by atoms with E-state index in [1.165, 1.54) is 0 Å². The highest BCUT2D eigenvalue weighted by Gasteiger charge is 2.36. The van der Waals surface area contributed by atoms with Crippen LogP contribution >= 0.6 is 0 Å². The summed E-state index contributed by atoms with van der Waals surface area (Å²) in [7, 11) is 1.89. The van der Waals surface area contributed by atoms with Crippen LogP contribution in [0.2, 0.25) is 0 Å². The quantitative estimate of drug-likeness (QED) is 0.863. The highest BCUT2D eigenvalue weighted by Crippen LogP contribution is 2.36. The Kier molecular flexibility index (Phi) is 5.06. The average Bonchev–Trinajstić information content (AvgIpc) is 3.22. The molecule has 1 aliphatic rings. The SMILES string of the molecule is CCN1C(=O)CC[C@H](CNc2nc(C(C)C)no2)[C@H]1c1cnn(C)c1. The lowest BCUT2D eigenvalue weighted by Crippen LogP contribution is -2.44. The van der Waals surface area contributed by atoms with Crippen molar-refractivity contribution in [3.05, 3.63) is 23.8 Å². The van der Waals surface area contributed by atoms with Crippen LogP contribution in [0.3, 0.4) is 0 Å². The Labute approximate surface area is 147 Å². The summed E-state index contributed by atoms with van der Waals surface area (Å²) in [5, 5.41) is 11.5. The third-order valence-corrected chi connectivity index (χ3v) is 4.71. The van der Waals surface area contributed by atoms with Gasteiger partial charge in [0, 0.05) is 50.2 Å². The maximum atomic E-state index is 12.4. The molecule has 2 aromatic rings. The van der Waals surface area contributed by atoms with E-state index < -0.39 is 0 Å². The van der Waals surface area contributed by atoms with E-state index in [9.17, 15) is 4.79 Å². The van der Waals surface area contributed by atoms with Gasteiger partial charge in [-0.3, -0.25) is 9.48 Å². The number of hydrogen-bond donors (Lipinski definition) is 1. The Morgan fingerprint density at radius 2 is 2.24 bits per heavy atom. The van der Waals surface area contributed by atoms with Crippen molar-refractivity contribution in [2.45, 2.75) is 45.6 Å². The predicted molar refractivity (Wildman–Crippen MR) is 92.9 cm³/mol. The Hall–Kier alpha value is -2.38. The molecule has 136 valence electrons. The van der Waals surface area contributed by atoms with Crippen molar-refractivity contribution in [3.63, 3.8) is 0 Å². The molecule has 1 saturated heterocycles. The zero-order valence-electron chi connectivity index (χ0n) is 15.3. The molecule has 8 heteroatoms. The molecule has 3 rings (SSSR count). The first-order valence-corrected chi connectivity index (χ1v) is 8.85. The molecule has 2 aromatic heterocycles. The normalized spacial score (nSPS) is 21.2. The van der Waals surface area contributed by atoms with Gasteiger partial charge < -0.3 is 14.7 Å². The monoisotopic (exact) mass is 346 g/mol. The van der Waals surface area contributed by atoms with Crippen molar-refractivity contribution in [2.75, 3.05) is 18.4 Å². The Morgan fingerprint density at radius 1 is 1.44 bits per heavy atom. The molecule has 0 unspecified atom stereocenters. The van der Waals surface area contributed by atoms with Crippen molar-refractivity contribution < 1.29 is 9.32 Å². The first-order valence-electron chi connectivity index (χ1n) is 8.85. The summed E-state index contributed by atoms with van der Waals surface area (Å²) in [5.41, 5.74) is 1.07. The highest BCUT2D eigenvalue weighted by molar-refractivity contribution is 5.77. The minimum Gasteiger partial charge on any atom is -0.337 e. The van der Waals surface area contributed by atoms with Gasteiger partial charge >= 0.3 is 6.01 Å². The fraction of sp³-hybridized carbons (Fsp3) is 0.647. The van der Waals surface area contributed by atoms with Crippen LogP contribution < -0.4 is 5.32 Å². The minimum absolute atomic E-state index is 0.0138. The summed E-state index contributed by atoms with van der Waals surface area (Å²) in [6.07, 6.45) is 5.23. The molecule has 0 aromatic carbocycles. The zero-order valence-corrected chi connectivity index (χ0v) is 15.3. The molecule has 1 fully saturated rings. The fourth-order valence-electron chi connectivity index (χ4n) is 3.41. The van der Waals surface area contributed by atoms with Gasteiger partial charge in [-0.25, -0.2) is 0 Å². The molecule has 1 amide bonds. The van der Waals surface area contributed by atoms with E-state index >= 15 is 0 Å². The van der Waals surface area contributed by atoms with Crippen molar-refractivity contribution >= 4 is 11.9 Å². The van der Waals surface area contributed by atoms with E-state index in [0.717, 1.165) is 12.0 Å². The number of carbonyl (C=O) groups excluding carboxylic acids is 1. The molecule has 8 nitrogen and oxygen atoms in total. The van der Waals surface area contributed by atoms with E-state index in [1.54, 1.807) is 4.68 Å². The van der Waals surface area contributed by atoms with Crippen molar-refractivity contribution in [1.82, 2.24) is 24.8 Å². The number of aryl methyl sites for hydroxylation is 1. The summed E-state index contributed by atoms with van der Waals surface area (Å²) in [4.78, 5) is 18.7. The highest BCUT2D eigenvalue weighted by atomic mass is 16.5. The van der Waals surface area contributed by atoms with E-state index in [1.807, 2.05) is 45.1 Å². The van der Waals surface area contributed by atoms with Gasteiger partial charge in [0.2, 0.25) is 5.91 Å². The predicted octanol–water partition coefficient (Wildman–Crippen LogP) is 2.34. The molecule has 1 aliphatic heterocycles. The summed E-state index contributed by atoms with van der Waals surface area (Å²) >= 11 is 0. The lowest BCUT2D eigenvalue weighted by atomic mass is 9.85. The van der Waals surface area contributed by atoms with Gasteiger partial charge in [0.1, 0.15) is 0 Å². The standard InChI is InChI=1S/C17H26N6O2/c1-5-23-14(24)7-6-12(15(23)13-9-19-22(4)10-13)8-18-17-20-16(11(2)3)21-25-17/h9-12,15H,5-8H2,1-4H3,(H,18,20,21)/t12-,15+/m1/s1. The number of carbonyl (C=O) groups is 1. The molecule has 3 heterocycles. The van der Waals surface area contributed by atoms with Gasteiger partial charge in [0.05, 0.1) is 12.2 Å². The van der Waals surface area contributed by atoms with Crippen LogP contribution in [-0.2, 0) is 11.8 Å². The maximum Gasteiger partial charge on any atom is 0.321 e. The van der Waals surface area contributed by atoms with Gasteiger partial charge in [0.15, 0.2) is 5.82 Å². The van der Waals surface area contributed by atoms with E-state index in [4.69, 9.17) is 4.52 Å². The number of nitrogens with one attached hydrogen (secondary N) is 1. The summed E-state index contributed by atoms with van der Waals surface area (Å²) < 4.78 is 7.04. The van der Waals surface area contributed by atoms with Crippen LogP contribution in [0.5, 0.6) is 0 Å². The number of hydrogen-bond acceptors (Lipinski definition) is 6. The molecule has 1 N–H and O–H groups in total. The van der Waals surface area contributed by atoms with Gasteiger partial charge in [-0.2, -0.15) is 10.1 Å². The average molecular weight is 346 g/mol. The number of piperidine rings is 1. The molecular formula is C17H26N6O2. The number of aromatic nitrogens is 4. The van der Waals surface area contributed by atoms with Gasteiger partial charge in [-0.05, 0) is 13.3 Å². The van der Waals surface area contributed by atoms with Crippen LogP contribution in [-0.4, -0.2) is 43.8 Å². The molecule has 0 spiro atoms.